The summed E-state index contributed by atoms with van der Waals surface area (Å²) in [4.78, 5) is 4.52. The summed E-state index contributed by atoms with van der Waals surface area (Å²) in [5.74, 6) is 1.61. The van der Waals surface area contributed by atoms with Crippen LogP contribution in [0, 0.1) is 5.41 Å². The molecule has 126 valence electrons. The van der Waals surface area contributed by atoms with E-state index in [2.05, 4.69) is 22.5 Å². The average Bonchev–Trinajstić information content (AvgIpc) is 2.99. The zero-order valence-corrected chi connectivity index (χ0v) is 15.8. The first-order valence-corrected chi connectivity index (χ1v) is 7.86. The van der Waals surface area contributed by atoms with Gasteiger partial charge in [0.2, 0.25) is 0 Å². The first-order chi connectivity index (χ1) is 10.1. The number of halogens is 1. The Bertz CT molecular complexity index is 450. The van der Waals surface area contributed by atoms with E-state index in [1.165, 1.54) is 6.42 Å². The number of guanidine groups is 1. The van der Waals surface area contributed by atoms with Gasteiger partial charge >= 0.3 is 0 Å². The van der Waals surface area contributed by atoms with Gasteiger partial charge in [0, 0.05) is 18.5 Å². The lowest BCUT2D eigenvalue weighted by Crippen LogP contribution is -2.48. The number of furan rings is 1. The topological polar surface area (TPSA) is 69.8 Å². The van der Waals surface area contributed by atoms with Crippen molar-refractivity contribution in [2.75, 3.05) is 13.1 Å². The Morgan fingerprint density at radius 1 is 1.45 bits per heavy atom. The standard InChI is InChI=1S/C16H27N3O2.HI/c1-3-17-15(18-11-13-7-6-10-21-13)19-12-16(2)9-5-4-8-14(16)20;/h6-7,10,14,20H,3-5,8-9,11-12H2,1-2H3,(H2,17,18,19);1H. The summed E-state index contributed by atoms with van der Waals surface area (Å²) in [7, 11) is 0. The molecule has 3 N–H and O–H groups in total. The van der Waals surface area contributed by atoms with Crippen LogP contribution < -0.4 is 10.6 Å². The third kappa shape index (κ3) is 5.46. The Balaban J connectivity index is 0.00000242. The highest BCUT2D eigenvalue weighted by Crippen LogP contribution is 2.35. The molecule has 22 heavy (non-hydrogen) atoms. The molecule has 2 unspecified atom stereocenters. The van der Waals surface area contributed by atoms with E-state index >= 15 is 0 Å². The van der Waals surface area contributed by atoms with Gasteiger partial charge in [0.15, 0.2) is 5.96 Å². The summed E-state index contributed by atoms with van der Waals surface area (Å²) in [6, 6.07) is 3.78. The zero-order valence-electron chi connectivity index (χ0n) is 13.5. The lowest BCUT2D eigenvalue weighted by atomic mass is 9.73. The molecule has 1 heterocycles. The van der Waals surface area contributed by atoms with Gasteiger partial charge in [0.25, 0.3) is 0 Å². The number of nitrogens with zero attached hydrogens (tertiary/aromatic N) is 1. The molecule has 6 heteroatoms. The minimum atomic E-state index is -0.230. The first kappa shape index (κ1) is 19.3. The SMILES string of the molecule is CCNC(=NCc1ccco1)NCC1(C)CCCCC1O.I. The summed E-state index contributed by atoms with van der Waals surface area (Å²) in [5, 5.41) is 16.8. The highest BCUT2D eigenvalue weighted by Gasteiger charge is 2.35. The minimum Gasteiger partial charge on any atom is -0.467 e. The van der Waals surface area contributed by atoms with Crippen molar-refractivity contribution in [2.45, 2.75) is 52.2 Å². The van der Waals surface area contributed by atoms with E-state index in [1.54, 1.807) is 6.26 Å². The van der Waals surface area contributed by atoms with Gasteiger partial charge in [0.1, 0.15) is 12.3 Å². The van der Waals surface area contributed by atoms with E-state index in [1.807, 2.05) is 19.1 Å². The molecule has 1 aliphatic carbocycles. The maximum absolute atomic E-state index is 10.2. The molecule has 2 rings (SSSR count). The normalized spacial score (nSPS) is 25.4. The molecule has 1 aliphatic rings. The summed E-state index contributed by atoms with van der Waals surface area (Å²) < 4.78 is 5.29. The molecule has 1 aromatic rings. The van der Waals surface area contributed by atoms with Crippen LogP contribution >= 0.6 is 24.0 Å². The van der Waals surface area contributed by atoms with Crippen molar-refractivity contribution in [3.05, 3.63) is 24.2 Å². The quantitative estimate of drug-likeness (QED) is 0.389. The third-order valence-corrected chi connectivity index (χ3v) is 4.26. The molecule has 1 saturated carbocycles. The zero-order chi connectivity index (χ0) is 15.1. The third-order valence-electron chi connectivity index (χ3n) is 4.26. The van der Waals surface area contributed by atoms with Crippen molar-refractivity contribution in [1.82, 2.24) is 10.6 Å². The van der Waals surface area contributed by atoms with E-state index in [9.17, 15) is 5.11 Å². The number of hydrogen-bond acceptors (Lipinski definition) is 3. The monoisotopic (exact) mass is 421 g/mol. The van der Waals surface area contributed by atoms with Gasteiger partial charge in [-0.15, -0.1) is 24.0 Å². The van der Waals surface area contributed by atoms with Crippen LogP contribution in [0.3, 0.4) is 0 Å². The number of nitrogens with one attached hydrogen (secondary N) is 2. The predicted octanol–water partition coefficient (Wildman–Crippen LogP) is 2.89. The molecule has 0 saturated heterocycles. The van der Waals surface area contributed by atoms with E-state index < -0.39 is 0 Å². The van der Waals surface area contributed by atoms with Crippen molar-refractivity contribution in [2.24, 2.45) is 10.4 Å². The van der Waals surface area contributed by atoms with Crippen LogP contribution in [0.25, 0.3) is 0 Å². The lowest BCUT2D eigenvalue weighted by Gasteiger charge is -2.38. The molecule has 5 nitrogen and oxygen atoms in total. The Kier molecular flexibility index (Phi) is 8.24. The maximum Gasteiger partial charge on any atom is 0.191 e. The van der Waals surface area contributed by atoms with E-state index in [0.717, 1.165) is 44.1 Å². The van der Waals surface area contributed by atoms with Crippen LogP contribution in [-0.2, 0) is 6.54 Å². The summed E-state index contributed by atoms with van der Waals surface area (Å²) in [6.45, 7) is 6.25. The molecule has 0 bridgehead atoms. The van der Waals surface area contributed by atoms with Crippen LogP contribution in [0.5, 0.6) is 0 Å². The molecule has 1 fully saturated rings. The largest absolute Gasteiger partial charge is 0.467 e. The molecule has 1 aromatic heterocycles. The van der Waals surface area contributed by atoms with Gasteiger partial charge in [-0.3, -0.25) is 0 Å². The van der Waals surface area contributed by atoms with Gasteiger partial charge < -0.3 is 20.2 Å². The van der Waals surface area contributed by atoms with E-state index in [0.29, 0.717) is 6.54 Å². The lowest BCUT2D eigenvalue weighted by molar-refractivity contribution is 0.00397. The van der Waals surface area contributed by atoms with Gasteiger partial charge in [-0.05, 0) is 31.9 Å². The summed E-state index contributed by atoms with van der Waals surface area (Å²) in [6.07, 6.45) is 5.70. The molecule has 0 amide bonds. The first-order valence-electron chi connectivity index (χ1n) is 7.86. The van der Waals surface area contributed by atoms with Crippen LogP contribution in [0.15, 0.2) is 27.8 Å². The molecule has 0 spiro atoms. The Morgan fingerprint density at radius 2 is 2.27 bits per heavy atom. The van der Waals surface area contributed by atoms with Crippen LogP contribution in [0.4, 0.5) is 0 Å². The fourth-order valence-corrected chi connectivity index (χ4v) is 2.77. The average molecular weight is 421 g/mol. The van der Waals surface area contributed by atoms with E-state index in [4.69, 9.17) is 4.42 Å². The molecule has 0 aromatic carbocycles. The fraction of sp³-hybridized carbons (Fsp3) is 0.688. The van der Waals surface area contributed by atoms with Crippen molar-refractivity contribution < 1.29 is 9.52 Å². The van der Waals surface area contributed by atoms with Gasteiger partial charge in [-0.1, -0.05) is 19.8 Å². The van der Waals surface area contributed by atoms with Gasteiger partial charge in [-0.25, -0.2) is 4.99 Å². The van der Waals surface area contributed by atoms with Crippen molar-refractivity contribution in [3.8, 4) is 0 Å². The Hall–Kier alpha value is -0.760. The number of hydrogen-bond donors (Lipinski definition) is 3. The number of aliphatic imine (C=N–C) groups is 1. The van der Waals surface area contributed by atoms with Gasteiger partial charge in [0.05, 0.1) is 12.4 Å². The smallest absolute Gasteiger partial charge is 0.191 e. The minimum absolute atomic E-state index is 0. The summed E-state index contributed by atoms with van der Waals surface area (Å²) >= 11 is 0. The maximum atomic E-state index is 10.2. The summed E-state index contributed by atoms with van der Waals surface area (Å²) in [5.41, 5.74) is -0.0703. The van der Waals surface area contributed by atoms with E-state index in [-0.39, 0.29) is 35.5 Å². The fourth-order valence-electron chi connectivity index (χ4n) is 2.77. The number of aliphatic hydroxyl groups is 1. The molecule has 0 radical (unpaired) electrons. The second-order valence-corrected chi connectivity index (χ2v) is 6.04. The number of aliphatic hydroxyl groups excluding tert-OH is 1. The Labute approximate surface area is 150 Å². The van der Waals surface area contributed by atoms with Crippen molar-refractivity contribution >= 4 is 29.9 Å². The molecular formula is C16H28IN3O2. The van der Waals surface area contributed by atoms with Gasteiger partial charge in [-0.2, -0.15) is 0 Å². The second kappa shape index (κ2) is 9.39. The van der Waals surface area contributed by atoms with Crippen LogP contribution in [0.1, 0.15) is 45.3 Å². The number of rotatable bonds is 5. The molecule has 2 atom stereocenters. The molecular weight excluding hydrogens is 393 g/mol. The van der Waals surface area contributed by atoms with Crippen LogP contribution in [0.2, 0.25) is 0 Å². The molecule has 0 aliphatic heterocycles. The van der Waals surface area contributed by atoms with Crippen molar-refractivity contribution in [1.29, 1.82) is 0 Å². The highest BCUT2D eigenvalue weighted by atomic mass is 127. The predicted molar refractivity (Wildman–Crippen MR) is 99.5 cm³/mol. The van der Waals surface area contributed by atoms with Crippen molar-refractivity contribution in [3.63, 3.8) is 0 Å². The Morgan fingerprint density at radius 3 is 2.91 bits per heavy atom. The second-order valence-electron chi connectivity index (χ2n) is 6.04. The van der Waals surface area contributed by atoms with Crippen LogP contribution in [-0.4, -0.2) is 30.3 Å². The highest BCUT2D eigenvalue weighted by molar-refractivity contribution is 14.0.